The van der Waals surface area contributed by atoms with E-state index >= 15 is 0 Å². The van der Waals surface area contributed by atoms with Gasteiger partial charge in [-0.3, -0.25) is 9.59 Å². The molecule has 0 spiro atoms. The molecule has 4 rings (SSSR count). The number of para-hydroxylation sites is 1. The normalized spacial score (nSPS) is 15.7. The van der Waals surface area contributed by atoms with Crippen LogP contribution in [-0.2, 0) is 11.2 Å². The quantitative estimate of drug-likeness (QED) is 0.788. The summed E-state index contributed by atoms with van der Waals surface area (Å²) in [5.41, 5.74) is 4.28. The fourth-order valence-electron chi connectivity index (χ4n) is 3.60. The lowest BCUT2D eigenvalue weighted by Crippen LogP contribution is -2.30. The molecule has 1 aliphatic rings. The van der Waals surface area contributed by atoms with E-state index in [-0.39, 0.29) is 17.4 Å². The lowest BCUT2D eigenvalue weighted by Gasteiger charge is -2.18. The Hall–Kier alpha value is -3.14. The Kier molecular flexibility index (Phi) is 4.40. The zero-order valence-electron chi connectivity index (χ0n) is 14.4. The molecule has 4 nitrogen and oxygen atoms in total. The van der Waals surface area contributed by atoms with Gasteiger partial charge in [-0.25, -0.2) is 0 Å². The Labute approximate surface area is 152 Å². The lowest BCUT2D eigenvalue weighted by molar-refractivity contribution is -0.118. The van der Waals surface area contributed by atoms with Gasteiger partial charge in [0, 0.05) is 36.8 Å². The summed E-state index contributed by atoms with van der Waals surface area (Å²) < 4.78 is 0. The van der Waals surface area contributed by atoms with Crippen LogP contribution in [0.3, 0.4) is 0 Å². The number of carbonyl (C=O) groups is 1. The van der Waals surface area contributed by atoms with Crippen molar-refractivity contribution in [2.45, 2.75) is 18.8 Å². The molecule has 1 atom stereocenters. The van der Waals surface area contributed by atoms with E-state index in [1.165, 1.54) is 17.2 Å². The first-order valence-corrected chi connectivity index (χ1v) is 8.84. The number of fused-ring (bicyclic) bond motifs is 1. The molecule has 3 aromatic rings. The number of nitrogens with zero attached hydrogens (tertiary/aromatic N) is 1. The van der Waals surface area contributed by atoms with Gasteiger partial charge in [0.25, 0.3) is 0 Å². The van der Waals surface area contributed by atoms with Crippen molar-refractivity contribution in [1.82, 2.24) is 4.98 Å². The van der Waals surface area contributed by atoms with E-state index in [4.69, 9.17) is 0 Å². The summed E-state index contributed by atoms with van der Waals surface area (Å²) in [5, 5.41) is 0. The van der Waals surface area contributed by atoms with E-state index < -0.39 is 0 Å². The lowest BCUT2D eigenvalue weighted by atomic mass is 9.93. The van der Waals surface area contributed by atoms with Crippen LogP contribution >= 0.6 is 0 Å². The average molecular weight is 344 g/mol. The molecule has 0 bridgehead atoms. The molecule has 0 saturated heterocycles. The maximum Gasteiger partial charge on any atom is 0.247 e. The highest BCUT2D eigenvalue weighted by atomic mass is 16.2. The number of hydrogen-bond donors (Lipinski definition) is 1. The predicted molar refractivity (Wildman–Crippen MR) is 102 cm³/mol. The number of carbonyl (C=O) groups excluding carboxylic acids is 1. The number of aryl methyl sites for hydroxylation is 1. The smallest absolute Gasteiger partial charge is 0.247 e. The van der Waals surface area contributed by atoms with Crippen LogP contribution in [0.2, 0.25) is 0 Å². The van der Waals surface area contributed by atoms with Gasteiger partial charge in [-0.1, -0.05) is 54.6 Å². The number of nitrogens with one attached hydrogen (secondary N) is 1. The number of aromatic amines is 1. The van der Waals surface area contributed by atoms with Gasteiger partial charge in [-0.15, -0.1) is 0 Å². The first-order valence-electron chi connectivity index (χ1n) is 8.84. The molecule has 1 aliphatic heterocycles. The zero-order chi connectivity index (χ0) is 17.9. The molecule has 0 aliphatic carbocycles. The standard InChI is InChI=1S/C22H20N2O2/c25-21-12-10-16(14-23-21)11-13-22(26)24-15-19(17-6-2-1-3-7-17)18-8-4-5-9-20(18)24/h1-10,12,14,19H,11,13,15H2,(H,23,25)/t19-/m1/s1. The zero-order valence-corrected chi connectivity index (χ0v) is 14.4. The van der Waals surface area contributed by atoms with E-state index in [1.807, 2.05) is 41.3 Å². The van der Waals surface area contributed by atoms with Crippen molar-refractivity contribution in [3.63, 3.8) is 0 Å². The minimum atomic E-state index is -0.126. The minimum Gasteiger partial charge on any atom is -0.329 e. The Morgan fingerprint density at radius 2 is 1.77 bits per heavy atom. The van der Waals surface area contributed by atoms with E-state index in [0.717, 1.165) is 11.3 Å². The van der Waals surface area contributed by atoms with Gasteiger partial charge in [0.15, 0.2) is 0 Å². The van der Waals surface area contributed by atoms with Crippen LogP contribution in [0.4, 0.5) is 5.69 Å². The number of rotatable bonds is 4. The Morgan fingerprint density at radius 3 is 2.54 bits per heavy atom. The van der Waals surface area contributed by atoms with Crippen LogP contribution in [0.25, 0.3) is 0 Å². The van der Waals surface area contributed by atoms with Crippen LogP contribution in [-0.4, -0.2) is 17.4 Å². The van der Waals surface area contributed by atoms with Crippen molar-refractivity contribution in [3.05, 3.63) is 100.0 Å². The fourth-order valence-corrected chi connectivity index (χ4v) is 3.60. The second-order valence-electron chi connectivity index (χ2n) is 6.59. The largest absolute Gasteiger partial charge is 0.329 e. The molecule has 1 N–H and O–H groups in total. The molecule has 130 valence electrons. The van der Waals surface area contributed by atoms with Crippen LogP contribution in [0.5, 0.6) is 0 Å². The van der Waals surface area contributed by atoms with E-state index in [1.54, 1.807) is 12.3 Å². The fraction of sp³-hybridized carbons (Fsp3) is 0.182. The van der Waals surface area contributed by atoms with Crippen molar-refractivity contribution in [2.75, 3.05) is 11.4 Å². The van der Waals surface area contributed by atoms with Gasteiger partial charge in [-0.05, 0) is 29.2 Å². The molecule has 0 fully saturated rings. The molecule has 26 heavy (non-hydrogen) atoms. The van der Waals surface area contributed by atoms with Gasteiger partial charge < -0.3 is 9.88 Å². The number of hydrogen-bond acceptors (Lipinski definition) is 2. The van der Waals surface area contributed by atoms with Gasteiger partial charge in [-0.2, -0.15) is 0 Å². The Balaban J connectivity index is 1.54. The Bertz CT molecular complexity index is 958. The summed E-state index contributed by atoms with van der Waals surface area (Å²) in [6, 6.07) is 21.8. The SMILES string of the molecule is O=C(CCc1ccc(=O)[nH]c1)N1C[C@H](c2ccccc2)c2ccccc21. The van der Waals surface area contributed by atoms with Gasteiger partial charge in [0.1, 0.15) is 0 Å². The molecule has 0 radical (unpaired) electrons. The number of benzene rings is 2. The van der Waals surface area contributed by atoms with Crippen molar-refractivity contribution < 1.29 is 4.79 Å². The number of amides is 1. The maximum atomic E-state index is 12.9. The van der Waals surface area contributed by atoms with E-state index in [9.17, 15) is 9.59 Å². The summed E-state index contributed by atoms with van der Waals surface area (Å²) in [5.74, 6) is 0.325. The van der Waals surface area contributed by atoms with Crippen molar-refractivity contribution in [1.29, 1.82) is 0 Å². The van der Waals surface area contributed by atoms with Gasteiger partial charge in [0.05, 0.1) is 0 Å². The maximum absolute atomic E-state index is 12.9. The summed E-state index contributed by atoms with van der Waals surface area (Å²) >= 11 is 0. The third kappa shape index (κ3) is 3.18. The van der Waals surface area contributed by atoms with Gasteiger partial charge in [0.2, 0.25) is 11.5 Å². The highest BCUT2D eigenvalue weighted by Gasteiger charge is 2.32. The topological polar surface area (TPSA) is 53.2 Å². The number of pyridine rings is 1. The molecule has 0 saturated carbocycles. The minimum absolute atomic E-state index is 0.113. The van der Waals surface area contributed by atoms with Crippen LogP contribution in [0, 0.1) is 0 Å². The first-order chi connectivity index (χ1) is 12.7. The predicted octanol–water partition coefficient (Wildman–Crippen LogP) is 3.49. The summed E-state index contributed by atoms with van der Waals surface area (Å²) in [7, 11) is 0. The third-order valence-electron chi connectivity index (χ3n) is 4.95. The van der Waals surface area contributed by atoms with Gasteiger partial charge >= 0.3 is 0 Å². The molecular weight excluding hydrogens is 324 g/mol. The number of aromatic nitrogens is 1. The van der Waals surface area contributed by atoms with Crippen molar-refractivity contribution in [2.24, 2.45) is 0 Å². The molecular formula is C22H20N2O2. The first kappa shape index (κ1) is 16.3. The molecule has 0 unspecified atom stereocenters. The third-order valence-corrected chi connectivity index (χ3v) is 4.95. The van der Waals surface area contributed by atoms with Crippen LogP contribution in [0.15, 0.2) is 77.7 Å². The molecule has 1 aromatic heterocycles. The Morgan fingerprint density at radius 1 is 1.00 bits per heavy atom. The van der Waals surface area contributed by atoms with E-state index in [2.05, 4.69) is 23.2 Å². The van der Waals surface area contributed by atoms with Crippen molar-refractivity contribution >= 4 is 11.6 Å². The van der Waals surface area contributed by atoms with Crippen molar-refractivity contribution in [3.8, 4) is 0 Å². The number of H-pyrrole nitrogens is 1. The molecule has 2 heterocycles. The van der Waals surface area contributed by atoms with Crippen LogP contribution in [0.1, 0.15) is 29.0 Å². The monoisotopic (exact) mass is 344 g/mol. The summed E-state index contributed by atoms with van der Waals surface area (Å²) in [4.78, 5) is 28.6. The summed E-state index contributed by atoms with van der Waals surface area (Å²) in [6.45, 7) is 0.674. The second kappa shape index (κ2) is 7.00. The molecule has 1 amide bonds. The second-order valence-corrected chi connectivity index (χ2v) is 6.59. The van der Waals surface area contributed by atoms with Crippen LogP contribution < -0.4 is 10.5 Å². The average Bonchev–Trinajstić information content (AvgIpc) is 3.08. The highest BCUT2D eigenvalue weighted by Crippen LogP contribution is 2.40. The molecule has 2 aromatic carbocycles. The highest BCUT2D eigenvalue weighted by molar-refractivity contribution is 5.96. The molecule has 4 heteroatoms. The summed E-state index contributed by atoms with van der Waals surface area (Å²) in [6.07, 6.45) is 2.71. The number of anilines is 1. The van der Waals surface area contributed by atoms with E-state index in [0.29, 0.717) is 19.4 Å².